The van der Waals surface area contributed by atoms with Crippen molar-refractivity contribution >= 4 is 17.5 Å². The third-order valence-corrected chi connectivity index (χ3v) is 5.38. The van der Waals surface area contributed by atoms with Gasteiger partial charge in [0.1, 0.15) is 11.5 Å². The topological polar surface area (TPSA) is 68.5 Å². The lowest BCUT2D eigenvalue weighted by molar-refractivity contribution is -0.134. The van der Waals surface area contributed by atoms with Gasteiger partial charge >= 0.3 is 0 Å². The lowest BCUT2D eigenvalue weighted by atomic mass is 9.98. The van der Waals surface area contributed by atoms with Crippen LogP contribution in [0.1, 0.15) is 36.0 Å². The van der Waals surface area contributed by atoms with Crippen molar-refractivity contribution in [2.75, 3.05) is 19.7 Å². The van der Waals surface area contributed by atoms with Crippen LogP contribution in [-0.2, 0) is 11.2 Å². The maximum atomic E-state index is 12.5. The van der Waals surface area contributed by atoms with E-state index in [1.807, 2.05) is 29.2 Å². The number of hydrogen-bond donors (Lipinski definition) is 0. The molecule has 4 rings (SSSR count). The molecule has 7 heteroatoms. The number of pyridine rings is 1. The van der Waals surface area contributed by atoms with Crippen LogP contribution in [-0.4, -0.2) is 40.5 Å². The molecule has 0 saturated carbocycles. The average Bonchev–Trinajstić information content (AvgIpc) is 3.23. The molecule has 1 aliphatic rings. The Kier molecular flexibility index (Phi) is 6.10. The fourth-order valence-electron chi connectivity index (χ4n) is 3.50. The molecule has 1 aromatic carbocycles. The first-order valence-electron chi connectivity index (χ1n) is 9.67. The zero-order valence-electron chi connectivity index (χ0n) is 16.0. The van der Waals surface area contributed by atoms with Crippen LogP contribution in [0.25, 0.3) is 0 Å². The summed E-state index contributed by atoms with van der Waals surface area (Å²) in [6.45, 7) is 1.31. The van der Waals surface area contributed by atoms with Crippen LogP contribution < -0.4 is 4.74 Å². The molecule has 3 aromatic rings. The predicted molar refractivity (Wildman–Crippen MR) is 109 cm³/mol. The predicted octanol–water partition coefficient (Wildman–Crippen LogP) is 4.10. The second-order valence-corrected chi connectivity index (χ2v) is 7.50. The zero-order chi connectivity index (χ0) is 20.1. The largest absolute Gasteiger partial charge is 0.482 e. The molecule has 29 heavy (non-hydrogen) atoms. The summed E-state index contributed by atoms with van der Waals surface area (Å²) in [6.07, 6.45) is 7.47. The Hall–Kier alpha value is -2.86. The molecule has 0 radical (unpaired) electrons. The van der Waals surface area contributed by atoms with Crippen LogP contribution in [0, 0.1) is 0 Å². The van der Waals surface area contributed by atoms with Gasteiger partial charge in [-0.25, -0.2) is 4.98 Å². The van der Waals surface area contributed by atoms with Crippen LogP contribution in [0.2, 0.25) is 5.02 Å². The Balaban J connectivity index is 1.35. The number of halogens is 1. The minimum absolute atomic E-state index is 0.00174. The van der Waals surface area contributed by atoms with Crippen molar-refractivity contribution in [2.24, 2.45) is 0 Å². The van der Waals surface area contributed by atoms with Gasteiger partial charge in [-0.3, -0.25) is 9.78 Å². The van der Waals surface area contributed by atoms with E-state index >= 15 is 0 Å². The Labute approximate surface area is 174 Å². The number of benzene rings is 1. The van der Waals surface area contributed by atoms with E-state index in [9.17, 15) is 4.79 Å². The van der Waals surface area contributed by atoms with Crippen LogP contribution in [0.15, 0.2) is 59.4 Å². The summed E-state index contributed by atoms with van der Waals surface area (Å²) in [7, 11) is 0. The second kappa shape index (κ2) is 9.09. The highest BCUT2D eigenvalue weighted by Gasteiger charge is 2.28. The minimum atomic E-state index is -0.0404. The Morgan fingerprint density at radius 3 is 2.97 bits per heavy atom. The van der Waals surface area contributed by atoms with E-state index in [0.717, 1.165) is 30.7 Å². The number of hydrogen-bond acceptors (Lipinski definition) is 5. The van der Waals surface area contributed by atoms with E-state index in [4.69, 9.17) is 20.8 Å². The summed E-state index contributed by atoms with van der Waals surface area (Å²) in [5.74, 6) is 2.09. The SMILES string of the molecule is O=C(COc1cccnc1)N1CCC[C@@H](c2ncc(Cc3ccccc3Cl)o2)C1. The minimum Gasteiger partial charge on any atom is -0.482 e. The summed E-state index contributed by atoms with van der Waals surface area (Å²) in [6, 6.07) is 11.3. The lowest BCUT2D eigenvalue weighted by Crippen LogP contribution is -2.41. The van der Waals surface area contributed by atoms with E-state index in [2.05, 4.69) is 9.97 Å². The Morgan fingerprint density at radius 1 is 1.24 bits per heavy atom. The number of aromatic nitrogens is 2. The van der Waals surface area contributed by atoms with Gasteiger partial charge in [0, 0.05) is 30.7 Å². The number of nitrogens with zero attached hydrogens (tertiary/aromatic N) is 3. The highest BCUT2D eigenvalue weighted by molar-refractivity contribution is 6.31. The second-order valence-electron chi connectivity index (χ2n) is 7.09. The molecular formula is C22H22ClN3O3. The molecule has 150 valence electrons. The molecule has 0 N–H and O–H groups in total. The fourth-order valence-corrected chi connectivity index (χ4v) is 3.70. The number of oxazole rings is 1. The summed E-state index contributed by atoms with van der Waals surface area (Å²) in [5, 5.41) is 0.716. The van der Waals surface area contributed by atoms with E-state index in [0.29, 0.717) is 29.6 Å². The summed E-state index contributed by atoms with van der Waals surface area (Å²) < 4.78 is 11.5. The molecule has 1 amide bonds. The molecule has 1 atom stereocenters. The van der Waals surface area contributed by atoms with Gasteiger partial charge in [0.05, 0.1) is 18.3 Å². The van der Waals surface area contributed by atoms with E-state index < -0.39 is 0 Å². The van der Waals surface area contributed by atoms with Gasteiger partial charge in [0.15, 0.2) is 12.5 Å². The Morgan fingerprint density at radius 2 is 2.14 bits per heavy atom. The Bertz CT molecular complexity index is 961. The quantitative estimate of drug-likeness (QED) is 0.610. The van der Waals surface area contributed by atoms with Gasteiger partial charge in [-0.15, -0.1) is 0 Å². The average molecular weight is 412 g/mol. The monoisotopic (exact) mass is 411 g/mol. The first kappa shape index (κ1) is 19.5. The lowest BCUT2D eigenvalue weighted by Gasteiger charge is -2.31. The summed E-state index contributed by atoms with van der Waals surface area (Å²) in [5.41, 5.74) is 1.00. The van der Waals surface area contributed by atoms with Crippen LogP contribution in [0.4, 0.5) is 0 Å². The highest BCUT2D eigenvalue weighted by Crippen LogP contribution is 2.28. The molecule has 6 nitrogen and oxygen atoms in total. The highest BCUT2D eigenvalue weighted by atomic mass is 35.5. The number of carbonyl (C=O) groups excluding carboxylic acids is 1. The normalized spacial score (nSPS) is 16.6. The summed E-state index contributed by atoms with van der Waals surface area (Å²) >= 11 is 6.24. The van der Waals surface area contributed by atoms with Crippen LogP contribution in [0.3, 0.4) is 0 Å². The standard InChI is InChI=1S/C22H22ClN3O3/c23-20-8-2-1-5-16(20)11-19-13-25-22(29-19)17-6-4-10-26(14-17)21(27)15-28-18-7-3-9-24-12-18/h1-3,5,7-9,12-13,17H,4,6,10-11,14-15H2/t17-/m1/s1. The van der Waals surface area contributed by atoms with Crippen LogP contribution in [0.5, 0.6) is 5.75 Å². The van der Waals surface area contributed by atoms with Crippen molar-refractivity contribution in [3.8, 4) is 5.75 Å². The van der Waals surface area contributed by atoms with Crippen molar-refractivity contribution in [1.82, 2.24) is 14.9 Å². The summed E-state index contributed by atoms with van der Waals surface area (Å²) in [4.78, 5) is 22.8. The first-order chi connectivity index (χ1) is 14.2. The van der Waals surface area contributed by atoms with Gasteiger partial charge < -0.3 is 14.1 Å². The molecule has 0 aliphatic carbocycles. The zero-order valence-corrected chi connectivity index (χ0v) is 16.7. The van der Waals surface area contributed by atoms with Crippen molar-refractivity contribution in [1.29, 1.82) is 0 Å². The molecule has 2 aromatic heterocycles. The fraction of sp³-hybridized carbons (Fsp3) is 0.318. The molecule has 0 spiro atoms. The van der Waals surface area contributed by atoms with Crippen molar-refractivity contribution < 1.29 is 13.9 Å². The van der Waals surface area contributed by atoms with Crippen LogP contribution >= 0.6 is 11.6 Å². The van der Waals surface area contributed by atoms with E-state index in [1.54, 1.807) is 30.7 Å². The third kappa shape index (κ3) is 4.95. The smallest absolute Gasteiger partial charge is 0.260 e. The number of ether oxygens (including phenoxy) is 1. The molecule has 1 aliphatic heterocycles. The third-order valence-electron chi connectivity index (χ3n) is 5.01. The molecular weight excluding hydrogens is 390 g/mol. The first-order valence-corrected chi connectivity index (χ1v) is 10.1. The van der Waals surface area contributed by atoms with E-state index in [1.165, 1.54) is 0 Å². The van der Waals surface area contributed by atoms with Gasteiger partial charge in [0.25, 0.3) is 5.91 Å². The molecule has 0 unspecified atom stereocenters. The molecule has 3 heterocycles. The van der Waals surface area contributed by atoms with Gasteiger partial charge in [-0.2, -0.15) is 0 Å². The molecule has 1 saturated heterocycles. The van der Waals surface area contributed by atoms with Crippen molar-refractivity contribution in [2.45, 2.75) is 25.2 Å². The van der Waals surface area contributed by atoms with E-state index in [-0.39, 0.29) is 18.4 Å². The number of rotatable bonds is 6. The number of piperidine rings is 1. The van der Waals surface area contributed by atoms with Crippen molar-refractivity contribution in [3.63, 3.8) is 0 Å². The van der Waals surface area contributed by atoms with Crippen molar-refractivity contribution in [3.05, 3.63) is 77.2 Å². The number of likely N-dealkylation sites (tertiary alicyclic amines) is 1. The van der Waals surface area contributed by atoms with Gasteiger partial charge in [0.2, 0.25) is 0 Å². The maximum Gasteiger partial charge on any atom is 0.260 e. The van der Waals surface area contributed by atoms with Gasteiger partial charge in [-0.05, 0) is 36.6 Å². The molecule has 1 fully saturated rings. The number of amides is 1. The molecule has 0 bridgehead atoms. The number of carbonyl (C=O) groups is 1. The van der Waals surface area contributed by atoms with Gasteiger partial charge in [-0.1, -0.05) is 29.8 Å². The maximum absolute atomic E-state index is 12.5.